The van der Waals surface area contributed by atoms with Crippen LogP contribution in [-0.2, 0) is 20.0 Å². The van der Waals surface area contributed by atoms with Crippen LogP contribution in [0.5, 0.6) is 0 Å². The van der Waals surface area contributed by atoms with E-state index in [9.17, 15) is 21.2 Å². The Labute approximate surface area is 160 Å². The summed E-state index contributed by atoms with van der Waals surface area (Å²) >= 11 is 6.79. The van der Waals surface area contributed by atoms with Gasteiger partial charge in [0.25, 0.3) is 0 Å². The van der Waals surface area contributed by atoms with Gasteiger partial charge < -0.3 is 0 Å². The van der Waals surface area contributed by atoms with E-state index < -0.39 is 25.9 Å². The van der Waals surface area contributed by atoms with Crippen LogP contribution in [0, 0.1) is 5.82 Å². The lowest BCUT2D eigenvalue weighted by molar-refractivity contribution is 0.308. The molecule has 26 heavy (non-hydrogen) atoms. The molecule has 6 nitrogen and oxygen atoms in total. The molecule has 1 saturated heterocycles. The summed E-state index contributed by atoms with van der Waals surface area (Å²) in [6.07, 6.45) is 0.692. The van der Waals surface area contributed by atoms with Crippen molar-refractivity contribution in [2.24, 2.45) is 0 Å². The minimum Gasteiger partial charge on any atom is -0.207 e. The van der Waals surface area contributed by atoms with Crippen LogP contribution in [-0.4, -0.2) is 40.3 Å². The number of thiophene rings is 1. The van der Waals surface area contributed by atoms with Crippen LogP contribution < -0.4 is 4.72 Å². The number of sulfonamides is 2. The number of hydrogen-bond acceptors (Lipinski definition) is 5. The molecule has 0 aliphatic carbocycles. The maximum absolute atomic E-state index is 13.2. The Morgan fingerprint density at radius 2 is 1.85 bits per heavy atom. The summed E-state index contributed by atoms with van der Waals surface area (Å²) in [6.45, 7) is 0.323. The van der Waals surface area contributed by atoms with Crippen molar-refractivity contribution in [2.45, 2.75) is 28.0 Å². The van der Waals surface area contributed by atoms with Crippen LogP contribution in [0.3, 0.4) is 0 Å². The Bertz CT molecular complexity index is 986. The molecule has 1 aromatic carbocycles. The van der Waals surface area contributed by atoms with Gasteiger partial charge in [-0.05, 0) is 42.5 Å². The quantitative estimate of drug-likeness (QED) is 0.777. The number of benzene rings is 1. The third-order valence-corrected chi connectivity index (χ3v) is 9.17. The van der Waals surface area contributed by atoms with Gasteiger partial charge in [0, 0.05) is 19.1 Å². The Balaban J connectivity index is 1.67. The molecule has 142 valence electrons. The molecule has 0 radical (unpaired) electrons. The summed E-state index contributed by atoms with van der Waals surface area (Å²) in [4.78, 5) is -0.0819. The first-order valence-corrected chi connectivity index (χ1v) is 11.9. The van der Waals surface area contributed by atoms with Crippen molar-refractivity contribution in [2.75, 3.05) is 13.1 Å². The van der Waals surface area contributed by atoms with E-state index in [-0.39, 0.29) is 33.3 Å². The summed E-state index contributed by atoms with van der Waals surface area (Å²) in [5, 5.41) is 1.42. The van der Waals surface area contributed by atoms with Crippen molar-refractivity contribution in [3.63, 3.8) is 0 Å². The fraction of sp³-hybridized carbons (Fsp3) is 0.333. The van der Waals surface area contributed by atoms with Gasteiger partial charge in [-0.25, -0.2) is 25.9 Å². The minimum atomic E-state index is -3.80. The van der Waals surface area contributed by atoms with E-state index >= 15 is 0 Å². The molecule has 2 aromatic rings. The molecular weight excluding hydrogens is 423 g/mol. The van der Waals surface area contributed by atoms with Crippen LogP contribution >= 0.6 is 22.9 Å². The lowest BCUT2D eigenvalue weighted by atomic mass is 10.1. The van der Waals surface area contributed by atoms with Crippen molar-refractivity contribution in [1.82, 2.24) is 9.03 Å². The predicted molar refractivity (Wildman–Crippen MR) is 97.8 cm³/mol. The Morgan fingerprint density at radius 1 is 1.15 bits per heavy atom. The molecule has 0 saturated carbocycles. The third kappa shape index (κ3) is 4.10. The number of rotatable bonds is 5. The molecule has 0 atom stereocenters. The van der Waals surface area contributed by atoms with Crippen LogP contribution in [0.25, 0.3) is 0 Å². The van der Waals surface area contributed by atoms with E-state index in [1.807, 2.05) is 0 Å². The number of piperidine rings is 1. The SMILES string of the molecule is O=S(=O)(NC1CCN(S(=O)(=O)c2ccc(F)c(Cl)c2)CC1)c1cccs1. The second kappa shape index (κ2) is 7.53. The molecule has 2 heterocycles. The van der Waals surface area contributed by atoms with Gasteiger partial charge in [-0.2, -0.15) is 4.31 Å². The fourth-order valence-electron chi connectivity index (χ4n) is 2.69. The van der Waals surface area contributed by atoms with Crippen molar-refractivity contribution < 1.29 is 21.2 Å². The highest BCUT2D eigenvalue weighted by atomic mass is 35.5. The highest BCUT2D eigenvalue weighted by Crippen LogP contribution is 2.25. The number of hydrogen-bond donors (Lipinski definition) is 1. The summed E-state index contributed by atoms with van der Waals surface area (Å²) in [5.74, 6) is -0.688. The highest BCUT2D eigenvalue weighted by Gasteiger charge is 2.31. The van der Waals surface area contributed by atoms with Gasteiger partial charge in [0.2, 0.25) is 20.0 Å². The van der Waals surface area contributed by atoms with E-state index in [4.69, 9.17) is 11.6 Å². The van der Waals surface area contributed by atoms with Crippen molar-refractivity contribution in [3.05, 3.63) is 46.6 Å². The van der Waals surface area contributed by atoms with E-state index in [0.717, 1.165) is 23.5 Å². The van der Waals surface area contributed by atoms with Crippen molar-refractivity contribution >= 4 is 43.0 Å². The number of nitrogens with one attached hydrogen (secondary N) is 1. The van der Waals surface area contributed by atoms with E-state index in [1.54, 1.807) is 11.4 Å². The first kappa shape index (κ1) is 19.7. The Morgan fingerprint density at radius 3 is 2.42 bits per heavy atom. The van der Waals surface area contributed by atoms with Gasteiger partial charge in [0.05, 0.1) is 9.92 Å². The first-order chi connectivity index (χ1) is 12.2. The van der Waals surface area contributed by atoms with Gasteiger partial charge in [0.1, 0.15) is 10.0 Å². The summed E-state index contributed by atoms with van der Waals surface area (Å²) in [5.41, 5.74) is 0. The fourth-order valence-corrected chi connectivity index (χ4v) is 6.75. The van der Waals surface area contributed by atoms with E-state index in [1.165, 1.54) is 16.4 Å². The standard InChI is InChI=1S/C15H16ClFN2O4S3/c16-13-10-12(3-4-14(13)17)26(22,23)19-7-5-11(6-8-19)18-25(20,21)15-2-1-9-24-15/h1-4,9-11,18H,5-8H2. The number of nitrogens with zero attached hydrogens (tertiary/aromatic N) is 1. The zero-order valence-electron chi connectivity index (χ0n) is 13.4. The predicted octanol–water partition coefficient (Wildman–Crippen LogP) is 2.67. The zero-order chi connectivity index (χ0) is 18.9. The molecule has 1 aliphatic heterocycles. The van der Waals surface area contributed by atoms with Crippen molar-refractivity contribution in [1.29, 1.82) is 0 Å². The third-order valence-electron chi connectivity index (χ3n) is 4.06. The van der Waals surface area contributed by atoms with Gasteiger partial charge >= 0.3 is 0 Å². The van der Waals surface area contributed by atoms with E-state index in [0.29, 0.717) is 12.8 Å². The summed E-state index contributed by atoms with van der Waals surface area (Å²) < 4.78 is 67.1. The lowest BCUT2D eigenvalue weighted by Gasteiger charge is -2.31. The second-order valence-corrected chi connectivity index (χ2v) is 11.0. The molecule has 1 fully saturated rings. The van der Waals surface area contributed by atoms with E-state index in [2.05, 4.69) is 4.72 Å². The average Bonchev–Trinajstić information content (AvgIpc) is 3.13. The maximum Gasteiger partial charge on any atom is 0.250 e. The molecule has 0 bridgehead atoms. The summed E-state index contributed by atoms with van der Waals surface area (Å²) in [6, 6.07) is 6.09. The molecule has 1 aliphatic rings. The smallest absolute Gasteiger partial charge is 0.207 e. The zero-order valence-corrected chi connectivity index (χ0v) is 16.6. The van der Waals surface area contributed by atoms with Crippen LogP contribution in [0.1, 0.15) is 12.8 Å². The Kier molecular flexibility index (Phi) is 5.71. The largest absolute Gasteiger partial charge is 0.250 e. The summed E-state index contributed by atoms with van der Waals surface area (Å²) in [7, 11) is -7.40. The topological polar surface area (TPSA) is 83.6 Å². The molecule has 3 rings (SSSR count). The molecule has 1 N–H and O–H groups in total. The lowest BCUT2D eigenvalue weighted by Crippen LogP contribution is -2.46. The van der Waals surface area contributed by atoms with Gasteiger partial charge in [0.15, 0.2) is 0 Å². The normalized spacial score (nSPS) is 17.5. The molecular formula is C15H16ClFN2O4S3. The molecule has 1 aromatic heterocycles. The highest BCUT2D eigenvalue weighted by molar-refractivity contribution is 7.91. The number of halogens is 2. The van der Waals surface area contributed by atoms with Gasteiger partial charge in [-0.3, -0.25) is 0 Å². The van der Waals surface area contributed by atoms with Crippen LogP contribution in [0.4, 0.5) is 4.39 Å². The maximum atomic E-state index is 13.2. The monoisotopic (exact) mass is 438 g/mol. The second-order valence-electron chi connectivity index (χ2n) is 5.81. The van der Waals surface area contributed by atoms with Gasteiger partial charge in [-0.15, -0.1) is 11.3 Å². The van der Waals surface area contributed by atoms with Crippen LogP contribution in [0.2, 0.25) is 5.02 Å². The molecule has 0 spiro atoms. The molecule has 0 unspecified atom stereocenters. The first-order valence-electron chi connectivity index (χ1n) is 7.71. The average molecular weight is 439 g/mol. The molecule has 11 heteroatoms. The Hall–Kier alpha value is -1.04. The van der Waals surface area contributed by atoms with Crippen LogP contribution in [0.15, 0.2) is 44.8 Å². The minimum absolute atomic E-state index is 0.0819. The molecule has 0 amide bonds. The van der Waals surface area contributed by atoms with Gasteiger partial charge in [-0.1, -0.05) is 17.7 Å². The van der Waals surface area contributed by atoms with Crippen molar-refractivity contribution in [3.8, 4) is 0 Å².